The minimum atomic E-state index is -0.528. The first kappa shape index (κ1) is 14.5. The fourth-order valence-electron chi connectivity index (χ4n) is 1.77. The zero-order valence-corrected chi connectivity index (χ0v) is 11.2. The van der Waals surface area contributed by atoms with Crippen molar-refractivity contribution in [1.29, 1.82) is 5.41 Å². The fraction of sp³-hybridized carbons (Fsp3) is 0.0667. The highest BCUT2D eigenvalue weighted by atomic mass is 19.1. The van der Waals surface area contributed by atoms with Crippen LogP contribution in [0.1, 0.15) is 5.56 Å². The second-order valence-corrected chi connectivity index (χ2v) is 4.46. The Labute approximate surface area is 121 Å². The first-order valence-corrected chi connectivity index (χ1v) is 6.29. The number of anilines is 2. The molecule has 5 N–H and O–H groups in total. The summed E-state index contributed by atoms with van der Waals surface area (Å²) < 4.78 is 13.4. The second kappa shape index (κ2) is 6.51. The number of rotatable bonds is 4. The summed E-state index contributed by atoms with van der Waals surface area (Å²) in [4.78, 5) is 11.8. The van der Waals surface area contributed by atoms with Gasteiger partial charge in [0.1, 0.15) is 5.82 Å². The first-order valence-electron chi connectivity index (χ1n) is 6.29. The molecule has 0 heterocycles. The third-order valence-corrected chi connectivity index (χ3v) is 2.73. The number of amidine groups is 1. The Kier molecular flexibility index (Phi) is 4.50. The van der Waals surface area contributed by atoms with Crippen LogP contribution in [-0.2, 0) is 6.42 Å². The Bertz CT molecular complexity index is 655. The average Bonchev–Trinajstić information content (AvgIpc) is 2.43. The molecule has 0 fully saturated rings. The van der Waals surface area contributed by atoms with Gasteiger partial charge in [-0.15, -0.1) is 0 Å². The number of hydrogen-bond acceptors (Lipinski definition) is 2. The molecule has 0 aromatic heterocycles. The smallest absolute Gasteiger partial charge is 0.323 e. The van der Waals surface area contributed by atoms with E-state index in [9.17, 15) is 9.18 Å². The number of hydrogen-bond donors (Lipinski definition) is 4. The molecule has 2 aromatic rings. The molecule has 0 spiro atoms. The van der Waals surface area contributed by atoms with E-state index in [0.29, 0.717) is 12.1 Å². The molecule has 5 nitrogen and oxygen atoms in total. The highest BCUT2D eigenvalue weighted by Gasteiger charge is 2.06. The normalized spacial score (nSPS) is 9.95. The number of amides is 2. The first-order chi connectivity index (χ1) is 10.0. The van der Waals surface area contributed by atoms with Crippen LogP contribution in [0.25, 0.3) is 0 Å². The maximum absolute atomic E-state index is 13.4. The van der Waals surface area contributed by atoms with E-state index in [2.05, 4.69) is 10.6 Å². The van der Waals surface area contributed by atoms with Crippen LogP contribution in [0.3, 0.4) is 0 Å². The Morgan fingerprint density at radius 2 is 1.76 bits per heavy atom. The number of nitrogens with one attached hydrogen (secondary N) is 3. The molecular formula is C15H15FN4O. The van der Waals surface area contributed by atoms with E-state index in [1.807, 2.05) is 0 Å². The van der Waals surface area contributed by atoms with Crippen LogP contribution in [-0.4, -0.2) is 11.9 Å². The fourth-order valence-corrected chi connectivity index (χ4v) is 1.77. The molecule has 21 heavy (non-hydrogen) atoms. The molecule has 0 unspecified atom stereocenters. The predicted molar refractivity (Wildman–Crippen MR) is 81.1 cm³/mol. The second-order valence-electron chi connectivity index (χ2n) is 4.46. The van der Waals surface area contributed by atoms with Crippen molar-refractivity contribution in [3.63, 3.8) is 0 Å². The van der Waals surface area contributed by atoms with Crippen LogP contribution in [0.4, 0.5) is 20.6 Å². The third kappa shape index (κ3) is 4.31. The summed E-state index contributed by atoms with van der Waals surface area (Å²) in [6.45, 7) is 0. The van der Waals surface area contributed by atoms with Gasteiger partial charge in [0.05, 0.1) is 11.5 Å². The van der Waals surface area contributed by atoms with Gasteiger partial charge in [-0.05, 0) is 29.8 Å². The lowest BCUT2D eigenvalue weighted by atomic mass is 10.1. The molecule has 0 saturated carbocycles. The van der Waals surface area contributed by atoms with E-state index in [1.165, 1.54) is 12.1 Å². The monoisotopic (exact) mass is 286 g/mol. The van der Waals surface area contributed by atoms with Gasteiger partial charge in [-0.25, -0.2) is 9.18 Å². The van der Waals surface area contributed by atoms with Crippen molar-refractivity contribution in [3.8, 4) is 0 Å². The Balaban J connectivity index is 1.96. The van der Waals surface area contributed by atoms with Crippen LogP contribution < -0.4 is 16.4 Å². The summed E-state index contributed by atoms with van der Waals surface area (Å²) >= 11 is 0. The highest BCUT2D eigenvalue weighted by molar-refractivity contribution is 5.99. The lowest BCUT2D eigenvalue weighted by molar-refractivity contribution is 0.262. The highest BCUT2D eigenvalue weighted by Crippen LogP contribution is 2.14. The van der Waals surface area contributed by atoms with Gasteiger partial charge in [-0.1, -0.05) is 24.3 Å². The molecule has 2 amide bonds. The third-order valence-electron chi connectivity index (χ3n) is 2.73. The predicted octanol–water partition coefficient (Wildman–Crippen LogP) is 2.95. The molecule has 0 atom stereocenters. The van der Waals surface area contributed by atoms with Crippen molar-refractivity contribution in [2.45, 2.75) is 6.42 Å². The van der Waals surface area contributed by atoms with E-state index in [0.717, 1.165) is 5.56 Å². The summed E-state index contributed by atoms with van der Waals surface area (Å²) in [5.41, 5.74) is 6.87. The van der Waals surface area contributed by atoms with Crippen LogP contribution in [0.15, 0.2) is 48.5 Å². The lowest BCUT2D eigenvalue weighted by Gasteiger charge is -2.09. The van der Waals surface area contributed by atoms with Gasteiger partial charge in [0.2, 0.25) is 0 Å². The number of halogens is 1. The molecule has 0 aliphatic heterocycles. The quantitative estimate of drug-likeness (QED) is 0.514. The van der Waals surface area contributed by atoms with Gasteiger partial charge in [0, 0.05) is 12.1 Å². The van der Waals surface area contributed by atoms with E-state index in [4.69, 9.17) is 11.1 Å². The summed E-state index contributed by atoms with van der Waals surface area (Å²) in [5.74, 6) is -0.419. The van der Waals surface area contributed by atoms with Gasteiger partial charge >= 0.3 is 6.03 Å². The number of carbonyl (C=O) groups excluding carboxylic acids is 1. The summed E-state index contributed by atoms with van der Waals surface area (Å²) in [6, 6.07) is 12.3. The van der Waals surface area contributed by atoms with Crippen molar-refractivity contribution in [2.75, 3.05) is 10.6 Å². The van der Waals surface area contributed by atoms with E-state index >= 15 is 0 Å². The number of benzene rings is 2. The van der Waals surface area contributed by atoms with E-state index < -0.39 is 11.8 Å². The number of nitrogens with two attached hydrogens (primary N) is 1. The Morgan fingerprint density at radius 1 is 1.10 bits per heavy atom. The molecule has 0 saturated heterocycles. The van der Waals surface area contributed by atoms with Gasteiger partial charge in [0.15, 0.2) is 0 Å². The molecule has 2 aromatic carbocycles. The van der Waals surface area contributed by atoms with Gasteiger partial charge in [0.25, 0.3) is 0 Å². The molecule has 108 valence electrons. The molecule has 0 radical (unpaired) electrons. The number of para-hydroxylation sites is 1. The van der Waals surface area contributed by atoms with Crippen molar-refractivity contribution < 1.29 is 9.18 Å². The molecule has 2 rings (SSSR count). The van der Waals surface area contributed by atoms with E-state index in [-0.39, 0.29) is 11.5 Å². The van der Waals surface area contributed by atoms with Gasteiger partial charge in [-0.2, -0.15) is 0 Å². The van der Waals surface area contributed by atoms with Gasteiger partial charge in [-0.3, -0.25) is 5.41 Å². The number of carbonyl (C=O) groups is 1. The lowest BCUT2D eigenvalue weighted by Crippen LogP contribution is -2.20. The summed E-state index contributed by atoms with van der Waals surface area (Å²) in [7, 11) is 0. The van der Waals surface area contributed by atoms with Crippen LogP contribution in [0, 0.1) is 11.2 Å². The number of urea groups is 1. The van der Waals surface area contributed by atoms with Crippen LogP contribution in [0.5, 0.6) is 0 Å². The average molecular weight is 286 g/mol. The zero-order valence-electron chi connectivity index (χ0n) is 11.2. The summed E-state index contributed by atoms with van der Waals surface area (Å²) in [6.07, 6.45) is 0.363. The van der Waals surface area contributed by atoms with Crippen molar-refractivity contribution in [1.82, 2.24) is 0 Å². The summed E-state index contributed by atoms with van der Waals surface area (Å²) in [5, 5.41) is 12.2. The maximum atomic E-state index is 13.4. The molecule has 6 heteroatoms. The SMILES string of the molecule is N=C(N)Cc1ccc(NC(=O)Nc2ccccc2F)cc1. The molecular weight excluding hydrogens is 271 g/mol. The Hall–Kier alpha value is -2.89. The maximum Gasteiger partial charge on any atom is 0.323 e. The Morgan fingerprint density at radius 3 is 2.38 bits per heavy atom. The minimum absolute atomic E-state index is 0.0769. The minimum Gasteiger partial charge on any atom is -0.387 e. The van der Waals surface area contributed by atoms with Crippen molar-refractivity contribution in [3.05, 3.63) is 59.9 Å². The standard InChI is InChI=1S/C15H15FN4O/c16-12-3-1-2-4-13(12)20-15(21)19-11-7-5-10(6-8-11)9-14(17)18/h1-8H,9H2,(H3,17,18)(H2,19,20,21). The molecule has 0 aliphatic rings. The van der Waals surface area contributed by atoms with Crippen molar-refractivity contribution >= 4 is 23.2 Å². The largest absolute Gasteiger partial charge is 0.387 e. The zero-order chi connectivity index (χ0) is 15.2. The van der Waals surface area contributed by atoms with Gasteiger partial charge < -0.3 is 16.4 Å². The molecule has 0 bridgehead atoms. The van der Waals surface area contributed by atoms with Crippen molar-refractivity contribution in [2.24, 2.45) is 5.73 Å². The van der Waals surface area contributed by atoms with E-state index in [1.54, 1.807) is 36.4 Å². The topological polar surface area (TPSA) is 91.0 Å². The molecule has 0 aliphatic carbocycles. The van der Waals surface area contributed by atoms with Crippen LogP contribution >= 0.6 is 0 Å². The van der Waals surface area contributed by atoms with Crippen LogP contribution in [0.2, 0.25) is 0 Å².